The first-order valence-corrected chi connectivity index (χ1v) is 11.1. The molecule has 0 spiro atoms. The molecule has 0 aliphatic carbocycles. The fourth-order valence-electron chi connectivity index (χ4n) is 3.10. The smallest absolute Gasteiger partial charge is 0.394 e. The maximum absolute atomic E-state index is 13.5. The van der Waals surface area contributed by atoms with E-state index in [1.165, 1.54) is 6.07 Å². The minimum Gasteiger partial charge on any atom is -0.454 e. The molecule has 37 heavy (non-hydrogen) atoms. The number of benzene rings is 2. The van der Waals surface area contributed by atoms with E-state index in [0.29, 0.717) is 17.8 Å². The number of rotatable bonds is 8. The van der Waals surface area contributed by atoms with Gasteiger partial charge >= 0.3 is 11.9 Å². The van der Waals surface area contributed by atoms with Crippen molar-refractivity contribution in [1.82, 2.24) is 20.5 Å². The van der Waals surface area contributed by atoms with Crippen molar-refractivity contribution in [1.29, 1.82) is 0 Å². The van der Waals surface area contributed by atoms with Crippen LogP contribution in [-0.4, -0.2) is 33.0 Å². The standard InChI is InChI=1S/C24H18ClF2N5O5/c1-12-19(37-23(29-12)24(35)36-11-13-5-3-2-4-6-13)10-28-22(34)18-9-20(32-31-18)30-21(33)14-7-16(26)17(27)8-15(14)25/h2-9H,10-11H2,1H3,(H,28,34)(H2,30,31,32,33). The average molecular weight is 530 g/mol. The lowest BCUT2D eigenvalue weighted by Gasteiger charge is -2.05. The van der Waals surface area contributed by atoms with Crippen molar-refractivity contribution in [2.45, 2.75) is 20.1 Å². The molecule has 0 aliphatic heterocycles. The molecule has 2 heterocycles. The van der Waals surface area contributed by atoms with Gasteiger partial charge in [0.05, 0.1) is 22.8 Å². The lowest BCUT2D eigenvalue weighted by Crippen LogP contribution is -2.23. The molecule has 3 N–H and O–H groups in total. The highest BCUT2D eigenvalue weighted by atomic mass is 35.5. The third-order valence-corrected chi connectivity index (χ3v) is 5.32. The minimum absolute atomic E-state index is 0.00948. The normalized spacial score (nSPS) is 10.7. The SMILES string of the molecule is Cc1nc(C(=O)OCc2ccccc2)oc1CNC(=O)c1cc(NC(=O)c2cc(F)c(F)cc2Cl)[nH]n1. The molecule has 0 bridgehead atoms. The van der Waals surface area contributed by atoms with Crippen LogP contribution in [0.4, 0.5) is 14.6 Å². The lowest BCUT2D eigenvalue weighted by molar-refractivity contribution is 0.0424. The summed E-state index contributed by atoms with van der Waals surface area (Å²) in [6.45, 7) is 1.54. The first-order valence-electron chi connectivity index (χ1n) is 10.7. The summed E-state index contributed by atoms with van der Waals surface area (Å²) in [4.78, 5) is 41.0. The Kier molecular flexibility index (Phi) is 7.58. The van der Waals surface area contributed by atoms with Crippen LogP contribution in [0.3, 0.4) is 0 Å². The molecule has 0 radical (unpaired) electrons. The van der Waals surface area contributed by atoms with Crippen LogP contribution in [0.15, 0.2) is 52.9 Å². The number of oxazole rings is 1. The molecular weight excluding hydrogens is 512 g/mol. The predicted molar refractivity (Wildman–Crippen MR) is 126 cm³/mol. The van der Waals surface area contributed by atoms with Gasteiger partial charge in [0.2, 0.25) is 0 Å². The number of aromatic nitrogens is 3. The number of anilines is 1. The number of carbonyl (C=O) groups is 3. The fourth-order valence-corrected chi connectivity index (χ4v) is 3.34. The van der Waals surface area contributed by atoms with Crippen molar-refractivity contribution in [3.05, 3.63) is 99.4 Å². The molecule has 2 aromatic heterocycles. The van der Waals surface area contributed by atoms with Gasteiger partial charge < -0.3 is 19.8 Å². The number of nitrogens with one attached hydrogen (secondary N) is 3. The number of H-pyrrole nitrogens is 1. The van der Waals surface area contributed by atoms with Crippen LogP contribution >= 0.6 is 11.6 Å². The first-order chi connectivity index (χ1) is 17.7. The molecule has 0 aliphatic rings. The van der Waals surface area contributed by atoms with Crippen LogP contribution in [-0.2, 0) is 17.9 Å². The second kappa shape index (κ2) is 11.0. The van der Waals surface area contributed by atoms with Gasteiger partial charge in [-0.1, -0.05) is 41.9 Å². The van der Waals surface area contributed by atoms with Crippen molar-refractivity contribution in [2.75, 3.05) is 5.32 Å². The zero-order valence-corrected chi connectivity index (χ0v) is 19.9. The van der Waals surface area contributed by atoms with Crippen molar-refractivity contribution in [3.63, 3.8) is 0 Å². The molecule has 10 nitrogen and oxygen atoms in total. The number of hydrogen-bond donors (Lipinski definition) is 3. The van der Waals surface area contributed by atoms with E-state index in [1.807, 2.05) is 18.2 Å². The summed E-state index contributed by atoms with van der Waals surface area (Å²) < 4.78 is 37.3. The van der Waals surface area contributed by atoms with Gasteiger partial charge in [-0.3, -0.25) is 14.7 Å². The van der Waals surface area contributed by atoms with Gasteiger partial charge in [0.15, 0.2) is 17.3 Å². The Balaban J connectivity index is 1.32. The number of nitrogens with zero attached hydrogens (tertiary/aromatic N) is 2. The molecule has 4 aromatic rings. The molecule has 2 amide bonds. The fraction of sp³-hybridized carbons (Fsp3) is 0.125. The van der Waals surface area contributed by atoms with Crippen LogP contribution in [0, 0.1) is 18.6 Å². The largest absolute Gasteiger partial charge is 0.454 e. The van der Waals surface area contributed by atoms with Crippen LogP contribution in [0.2, 0.25) is 5.02 Å². The molecule has 2 aromatic carbocycles. The highest BCUT2D eigenvalue weighted by molar-refractivity contribution is 6.34. The van der Waals surface area contributed by atoms with Crippen molar-refractivity contribution < 1.29 is 32.3 Å². The topological polar surface area (TPSA) is 139 Å². The zero-order chi connectivity index (χ0) is 26.5. The molecule has 190 valence electrons. The van der Waals surface area contributed by atoms with Crippen LogP contribution in [0.25, 0.3) is 0 Å². The highest BCUT2D eigenvalue weighted by Gasteiger charge is 2.20. The molecule has 0 atom stereocenters. The lowest BCUT2D eigenvalue weighted by atomic mass is 10.2. The minimum atomic E-state index is -1.24. The van der Waals surface area contributed by atoms with E-state index in [-0.39, 0.29) is 46.9 Å². The number of aromatic amines is 1. The summed E-state index contributed by atoms with van der Waals surface area (Å²) in [5.74, 6) is -4.67. The van der Waals surface area contributed by atoms with E-state index in [2.05, 4.69) is 25.8 Å². The second-order valence-electron chi connectivity index (χ2n) is 7.64. The Morgan fingerprint density at radius 3 is 2.57 bits per heavy atom. The van der Waals surface area contributed by atoms with E-state index < -0.39 is 29.4 Å². The number of halogens is 3. The molecule has 13 heteroatoms. The third kappa shape index (κ3) is 6.16. The quantitative estimate of drug-likeness (QED) is 0.230. The molecule has 0 fully saturated rings. The number of aryl methyl sites for hydroxylation is 1. The molecule has 0 saturated heterocycles. The molecule has 0 saturated carbocycles. The molecule has 4 rings (SSSR count). The number of hydrogen-bond acceptors (Lipinski definition) is 7. The van der Waals surface area contributed by atoms with E-state index >= 15 is 0 Å². The number of carbonyl (C=O) groups excluding carboxylic acids is 3. The van der Waals surface area contributed by atoms with Crippen LogP contribution in [0.1, 0.15) is 48.5 Å². The number of ether oxygens (including phenoxy) is 1. The van der Waals surface area contributed by atoms with Gasteiger partial charge in [-0.05, 0) is 24.6 Å². The van der Waals surface area contributed by atoms with E-state index in [9.17, 15) is 23.2 Å². The maximum atomic E-state index is 13.5. The Hall–Kier alpha value is -4.58. The average Bonchev–Trinajstić information content (AvgIpc) is 3.50. The molecular formula is C24H18ClF2N5O5. The predicted octanol–water partition coefficient (Wildman–Crippen LogP) is 4.18. The Labute approximate surface area is 213 Å². The zero-order valence-electron chi connectivity index (χ0n) is 19.1. The summed E-state index contributed by atoms with van der Waals surface area (Å²) in [7, 11) is 0. The highest BCUT2D eigenvalue weighted by Crippen LogP contribution is 2.21. The summed E-state index contributed by atoms with van der Waals surface area (Å²) in [5, 5.41) is 10.9. The van der Waals surface area contributed by atoms with E-state index in [4.69, 9.17) is 20.8 Å². The second-order valence-corrected chi connectivity index (χ2v) is 8.05. The van der Waals surface area contributed by atoms with Gasteiger partial charge in [0.25, 0.3) is 11.8 Å². The van der Waals surface area contributed by atoms with Crippen LogP contribution < -0.4 is 10.6 Å². The number of esters is 1. The summed E-state index contributed by atoms with van der Waals surface area (Å²) in [6, 6.07) is 11.6. The van der Waals surface area contributed by atoms with Gasteiger partial charge in [-0.25, -0.2) is 18.6 Å². The summed E-state index contributed by atoms with van der Waals surface area (Å²) in [6.07, 6.45) is 0. The van der Waals surface area contributed by atoms with Gasteiger partial charge in [-0.2, -0.15) is 5.10 Å². The van der Waals surface area contributed by atoms with Gasteiger partial charge in [-0.15, -0.1) is 0 Å². The Bertz CT molecular complexity index is 1470. The Morgan fingerprint density at radius 2 is 1.81 bits per heavy atom. The summed E-state index contributed by atoms with van der Waals surface area (Å²) >= 11 is 5.80. The van der Waals surface area contributed by atoms with Crippen molar-refractivity contribution >= 4 is 35.2 Å². The van der Waals surface area contributed by atoms with Crippen LogP contribution in [0.5, 0.6) is 0 Å². The Morgan fingerprint density at radius 1 is 1.08 bits per heavy atom. The first kappa shape index (κ1) is 25.5. The van der Waals surface area contributed by atoms with Gasteiger partial charge in [0.1, 0.15) is 18.2 Å². The number of amides is 2. The van der Waals surface area contributed by atoms with Gasteiger partial charge in [0, 0.05) is 6.07 Å². The monoisotopic (exact) mass is 529 g/mol. The van der Waals surface area contributed by atoms with E-state index in [1.54, 1.807) is 19.1 Å². The maximum Gasteiger partial charge on any atom is 0.394 e. The van der Waals surface area contributed by atoms with Crippen molar-refractivity contribution in [2.24, 2.45) is 0 Å². The third-order valence-electron chi connectivity index (χ3n) is 5.00. The molecule has 0 unspecified atom stereocenters. The summed E-state index contributed by atoms with van der Waals surface area (Å²) in [5.41, 5.74) is 0.783. The van der Waals surface area contributed by atoms with E-state index in [0.717, 1.165) is 5.56 Å². The van der Waals surface area contributed by atoms with Crippen molar-refractivity contribution in [3.8, 4) is 0 Å².